The van der Waals surface area contributed by atoms with Gasteiger partial charge in [0.1, 0.15) is 48.3 Å². The standard InChI is InChI=1S/C47H74N12O14S/c1-21(2)35(44(69)57-36(22(3)4)47(72)73)56-46(71)38(25(7)61)59-41(66)30(14-16-34(50)63)53-39(64)23(5)52-43(68)32(19-26-20-51-29-12-10-9-11-27(26)29)55-45(70)37(24(6)60)58-42(67)31(17-18-74-8)54-40(65)28(48)13-15-33(49)62/h9-12,20-25,28,30-32,35-38,51,60-61H,13-19,48H2,1-8H3,(H2,49,62)(H2,50,63)(H,52,68)(H,53,64)(H,54,65)(H,55,70)(H,56,71)(H,57,69)(H,58,67)(H,59,66)(H,72,73)/t23-,24+,25+,28-,30-,31-,32-,35-,36-,37-,38-/m0/s1. The van der Waals surface area contributed by atoms with E-state index >= 15 is 0 Å². The molecule has 0 saturated heterocycles. The smallest absolute Gasteiger partial charge is 0.326 e. The molecule has 0 fully saturated rings. The summed E-state index contributed by atoms with van der Waals surface area (Å²) in [5.41, 5.74) is 17.7. The lowest BCUT2D eigenvalue weighted by Crippen LogP contribution is -2.62. The molecule has 2 rings (SSSR count). The summed E-state index contributed by atoms with van der Waals surface area (Å²) in [5, 5.41) is 51.2. The zero-order valence-electron chi connectivity index (χ0n) is 42.8. The van der Waals surface area contributed by atoms with Gasteiger partial charge in [-0.15, -0.1) is 0 Å². The molecule has 0 radical (unpaired) electrons. The number of carboxylic acid groups (broad SMARTS) is 1. The highest BCUT2D eigenvalue weighted by molar-refractivity contribution is 7.98. The summed E-state index contributed by atoms with van der Waals surface area (Å²) in [4.78, 5) is 147. The van der Waals surface area contributed by atoms with E-state index in [9.17, 15) is 68.1 Å². The van der Waals surface area contributed by atoms with Crippen LogP contribution in [0.2, 0.25) is 0 Å². The second kappa shape index (κ2) is 30.4. The van der Waals surface area contributed by atoms with E-state index in [1.807, 2.05) is 0 Å². The van der Waals surface area contributed by atoms with Crippen molar-refractivity contribution in [3.63, 3.8) is 0 Å². The minimum absolute atomic E-state index is 0.0673. The highest BCUT2D eigenvalue weighted by atomic mass is 32.2. The number of aromatic nitrogens is 1. The number of para-hydroxylation sites is 1. The molecule has 18 N–H and O–H groups in total. The number of benzene rings is 1. The SMILES string of the molecule is CSCC[C@H](NC(=O)[C@@H](N)CCC(N)=O)C(=O)N[C@H](C(=O)N[C@@H](Cc1c[nH]c2ccccc12)C(=O)N[C@@H](C)C(=O)N[C@@H](CCC(N)=O)C(=O)N[C@H](C(=O)N[C@H](C(=O)N[C@H](C(=O)O)C(C)C)C(C)C)[C@@H](C)O)[C@@H](C)O. The highest BCUT2D eigenvalue weighted by Crippen LogP contribution is 2.20. The third-order valence-electron chi connectivity index (χ3n) is 11.7. The van der Waals surface area contributed by atoms with Crippen LogP contribution in [0.15, 0.2) is 30.5 Å². The van der Waals surface area contributed by atoms with Crippen LogP contribution in [0, 0.1) is 11.8 Å². The lowest BCUT2D eigenvalue weighted by atomic mass is 9.99. The van der Waals surface area contributed by atoms with Gasteiger partial charge >= 0.3 is 5.97 Å². The Hall–Kier alpha value is -6.84. The van der Waals surface area contributed by atoms with E-state index in [1.54, 1.807) is 64.4 Å². The molecule has 1 heterocycles. The first kappa shape index (κ1) is 63.3. The number of H-pyrrole nitrogens is 1. The topological polar surface area (TPSA) is 439 Å². The second-order valence-corrected chi connectivity index (χ2v) is 19.6. The molecule has 26 nitrogen and oxygen atoms in total. The Morgan fingerprint density at radius 3 is 1.51 bits per heavy atom. The van der Waals surface area contributed by atoms with Crippen LogP contribution in [0.5, 0.6) is 0 Å². The molecule has 0 aliphatic rings. The molecule has 1 aromatic carbocycles. The number of carboxylic acids is 1. The minimum atomic E-state index is -1.76. The number of hydrogen-bond acceptors (Lipinski definition) is 15. The fourth-order valence-electron chi connectivity index (χ4n) is 7.29. The van der Waals surface area contributed by atoms with E-state index in [0.717, 1.165) is 6.92 Å². The molecule has 0 saturated carbocycles. The van der Waals surface area contributed by atoms with Crippen LogP contribution in [-0.4, -0.2) is 164 Å². The molecular formula is C47H74N12O14S. The number of nitrogens with two attached hydrogens (primary N) is 3. The van der Waals surface area contributed by atoms with E-state index in [0.29, 0.717) is 22.2 Å². The largest absolute Gasteiger partial charge is 0.480 e. The highest BCUT2D eigenvalue weighted by Gasteiger charge is 2.37. The van der Waals surface area contributed by atoms with Gasteiger partial charge < -0.3 is 80.0 Å². The summed E-state index contributed by atoms with van der Waals surface area (Å²) < 4.78 is 0. The van der Waals surface area contributed by atoms with E-state index in [1.165, 1.54) is 25.6 Å². The average Bonchev–Trinajstić information content (AvgIpc) is 3.73. The van der Waals surface area contributed by atoms with E-state index in [-0.39, 0.29) is 25.7 Å². The van der Waals surface area contributed by atoms with Gasteiger partial charge in [-0.1, -0.05) is 45.9 Å². The first-order chi connectivity index (χ1) is 34.6. The number of carbonyl (C=O) groups is 11. The van der Waals surface area contributed by atoms with Gasteiger partial charge in [0.2, 0.25) is 59.1 Å². The van der Waals surface area contributed by atoms with Crippen molar-refractivity contribution in [1.82, 2.24) is 47.5 Å². The number of carbonyl (C=O) groups excluding carboxylic acids is 10. The molecule has 11 atom stereocenters. The third kappa shape index (κ3) is 20.2. The van der Waals surface area contributed by atoms with Gasteiger partial charge in [-0.25, -0.2) is 4.79 Å². The molecule has 27 heteroatoms. The van der Waals surface area contributed by atoms with Crippen LogP contribution in [0.1, 0.15) is 86.1 Å². The summed E-state index contributed by atoms with van der Waals surface area (Å²) in [5.74, 6) is -11.3. The molecule has 1 aromatic heterocycles. The van der Waals surface area contributed by atoms with Gasteiger partial charge in [0.25, 0.3) is 0 Å². The lowest BCUT2D eigenvalue weighted by molar-refractivity contribution is -0.144. The van der Waals surface area contributed by atoms with Gasteiger partial charge in [0.15, 0.2) is 0 Å². The molecule has 0 aliphatic heterocycles. The number of aliphatic carboxylic acids is 1. The van der Waals surface area contributed by atoms with Crippen LogP contribution in [0.3, 0.4) is 0 Å². The van der Waals surface area contributed by atoms with Gasteiger partial charge in [-0.3, -0.25) is 47.9 Å². The average molecular weight is 1060 g/mol. The molecule has 2 aromatic rings. The molecule has 0 unspecified atom stereocenters. The van der Waals surface area contributed by atoms with Gasteiger partial charge in [0.05, 0.1) is 18.2 Å². The number of thioether (sulfide) groups is 1. The first-order valence-electron chi connectivity index (χ1n) is 24.0. The first-order valence-corrected chi connectivity index (χ1v) is 25.4. The summed E-state index contributed by atoms with van der Waals surface area (Å²) in [6, 6.07) is -6.15. The van der Waals surface area contributed by atoms with E-state index in [4.69, 9.17) is 17.2 Å². The predicted octanol–water partition coefficient (Wildman–Crippen LogP) is -3.62. The van der Waals surface area contributed by atoms with Crippen molar-refractivity contribution in [3.05, 3.63) is 36.0 Å². The maximum Gasteiger partial charge on any atom is 0.326 e. The Balaban J connectivity index is 2.40. The molecule has 10 amide bonds. The van der Waals surface area contributed by atoms with E-state index in [2.05, 4.69) is 47.5 Å². The maximum atomic E-state index is 14.2. The van der Waals surface area contributed by atoms with Crippen molar-refractivity contribution in [3.8, 4) is 0 Å². The number of aromatic amines is 1. The van der Waals surface area contributed by atoms with Crippen LogP contribution in [0.4, 0.5) is 0 Å². The monoisotopic (exact) mass is 1060 g/mol. The van der Waals surface area contributed by atoms with Crippen LogP contribution in [0.25, 0.3) is 10.9 Å². The second-order valence-electron chi connectivity index (χ2n) is 18.6. The number of aliphatic hydroxyl groups excluding tert-OH is 2. The summed E-state index contributed by atoms with van der Waals surface area (Å²) in [6.07, 6.45) is -1.17. The van der Waals surface area contributed by atoms with Crippen molar-refractivity contribution in [2.24, 2.45) is 29.0 Å². The molecule has 0 aliphatic carbocycles. The Morgan fingerprint density at radius 2 is 1.00 bits per heavy atom. The fourth-order valence-corrected chi connectivity index (χ4v) is 7.76. The normalized spacial score (nSPS) is 15.8. The van der Waals surface area contributed by atoms with Crippen molar-refractivity contribution < 1.29 is 68.1 Å². The van der Waals surface area contributed by atoms with Crippen molar-refractivity contribution in [2.45, 2.75) is 154 Å². The Bertz CT molecular complexity index is 2310. The molecule has 0 spiro atoms. The summed E-state index contributed by atoms with van der Waals surface area (Å²) in [6.45, 7) is 9.87. The number of hydrogen-bond donors (Lipinski definition) is 15. The van der Waals surface area contributed by atoms with Crippen molar-refractivity contribution in [2.75, 3.05) is 12.0 Å². The molecular weight excluding hydrogens is 989 g/mol. The van der Waals surface area contributed by atoms with Crippen LogP contribution in [-0.2, 0) is 59.2 Å². The quantitative estimate of drug-likeness (QED) is 0.0336. The summed E-state index contributed by atoms with van der Waals surface area (Å²) in [7, 11) is 0. The molecule has 0 bridgehead atoms. The Morgan fingerprint density at radius 1 is 0.554 bits per heavy atom. The number of aliphatic hydroxyl groups is 2. The van der Waals surface area contributed by atoms with Gasteiger partial charge in [-0.2, -0.15) is 11.8 Å². The zero-order valence-corrected chi connectivity index (χ0v) is 43.6. The van der Waals surface area contributed by atoms with E-state index < -0.39 is 156 Å². The Labute approximate surface area is 432 Å². The molecule has 412 valence electrons. The lowest BCUT2D eigenvalue weighted by Gasteiger charge is -2.29. The predicted molar refractivity (Wildman–Crippen MR) is 272 cm³/mol. The fraction of sp³-hybridized carbons (Fsp3) is 0.596. The molecule has 74 heavy (non-hydrogen) atoms. The number of rotatable bonds is 32. The van der Waals surface area contributed by atoms with Crippen molar-refractivity contribution in [1.29, 1.82) is 0 Å². The van der Waals surface area contributed by atoms with Crippen LogP contribution < -0.4 is 59.7 Å². The van der Waals surface area contributed by atoms with Gasteiger partial charge in [0, 0.05) is 36.4 Å². The summed E-state index contributed by atoms with van der Waals surface area (Å²) >= 11 is 1.35. The zero-order chi connectivity index (χ0) is 56.1. The third-order valence-corrected chi connectivity index (χ3v) is 12.3. The number of primary amides is 2. The number of fused-ring (bicyclic) bond motifs is 1. The van der Waals surface area contributed by atoms with Gasteiger partial charge in [-0.05, 0) is 75.5 Å². The van der Waals surface area contributed by atoms with Crippen molar-refractivity contribution >= 4 is 87.7 Å². The number of nitrogens with one attached hydrogen (secondary N) is 9. The maximum absolute atomic E-state index is 14.2. The minimum Gasteiger partial charge on any atom is -0.480 e. The number of amides is 10. The Kier molecular flexibility index (Phi) is 26.0. The van der Waals surface area contributed by atoms with Crippen LogP contribution >= 0.6 is 11.8 Å².